The molecule has 0 aliphatic heterocycles. The summed E-state index contributed by atoms with van der Waals surface area (Å²) in [7, 11) is 1.68. The molecule has 5 rings (SSSR count). The van der Waals surface area contributed by atoms with Crippen molar-refractivity contribution in [2.45, 2.75) is 77.4 Å². The van der Waals surface area contributed by atoms with Crippen molar-refractivity contribution in [1.29, 1.82) is 0 Å². The van der Waals surface area contributed by atoms with Crippen LogP contribution in [0.5, 0.6) is 5.88 Å². The van der Waals surface area contributed by atoms with Gasteiger partial charge in [0, 0.05) is 24.3 Å². The Morgan fingerprint density at radius 1 is 1.34 bits per heavy atom. The summed E-state index contributed by atoms with van der Waals surface area (Å²) in [6.45, 7) is 9.39. The SMILES string of the molecule is COCC(C)(C)/C=C/n1ncc(C(=O)N[C@]23CC4CC(C[C@@](O)(C4)C2)C3)c1OCC(C)C. The second kappa shape index (κ2) is 8.49. The van der Waals surface area contributed by atoms with Crippen molar-refractivity contribution in [3.05, 3.63) is 17.8 Å². The minimum Gasteiger partial charge on any atom is -0.477 e. The number of carbonyl (C=O) groups is 1. The van der Waals surface area contributed by atoms with Gasteiger partial charge in [-0.1, -0.05) is 33.8 Å². The Morgan fingerprint density at radius 2 is 2.03 bits per heavy atom. The van der Waals surface area contributed by atoms with E-state index >= 15 is 0 Å². The number of ether oxygens (including phenoxy) is 2. The highest BCUT2D eigenvalue weighted by molar-refractivity contribution is 5.97. The molecule has 1 aromatic rings. The van der Waals surface area contributed by atoms with Gasteiger partial charge in [-0.15, -0.1) is 0 Å². The van der Waals surface area contributed by atoms with Crippen LogP contribution in [-0.4, -0.2) is 52.3 Å². The van der Waals surface area contributed by atoms with Crippen LogP contribution < -0.4 is 10.1 Å². The molecule has 0 spiro atoms. The van der Waals surface area contributed by atoms with Crippen molar-refractivity contribution in [3.63, 3.8) is 0 Å². The summed E-state index contributed by atoms with van der Waals surface area (Å²) < 4.78 is 13.0. The summed E-state index contributed by atoms with van der Waals surface area (Å²) in [4.78, 5) is 13.4. The van der Waals surface area contributed by atoms with Gasteiger partial charge in [0.15, 0.2) is 0 Å². The molecule has 4 aliphatic carbocycles. The second-order valence-electron chi connectivity index (χ2n) is 11.7. The molecular formula is C25H39N3O4. The van der Waals surface area contributed by atoms with Gasteiger partial charge in [0.2, 0.25) is 5.88 Å². The predicted octanol–water partition coefficient (Wildman–Crippen LogP) is 3.87. The molecule has 4 fully saturated rings. The Hall–Kier alpha value is -1.86. The Bertz CT molecular complexity index is 859. The van der Waals surface area contributed by atoms with Crippen LogP contribution in [0.2, 0.25) is 0 Å². The number of nitrogens with one attached hydrogen (secondary N) is 1. The zero-order chi connectivity index (χ0) is 23.1. The molecule has 1 aromatic heterocycles. The lowest BCUT2D eigenvalue weighted by Gasteiger charge is -2.60. The first kappa shape index (κ1) is 23.3. The number of hydrogen-bond acceptors (Lipinski definition) is 5. The molecule has 0 radical (unpaired) electrons. The topological polar surface area (TPSA) is 85.6 Å². The van der Waals surface area contributed by atoms with Crippen LogP contribution in [0.1, 0.15) is 76.6 Å². The van der Waals surface area contributed by atoms with E-state index in [1.54, 1.807) is 18.0 Å². The third kappa shape index (κ3) is 4.88. The van der Waals surface area contributed by atoms with Gasteiger partial charge in [-0.2, -0.15) is 5.10 Å². The number of methoxy groups -OCH3 is 1. The second-order valence-corrected chi connectivity index (χ2v) is 11.7. The van der Waals surface area contributed by atoms with E-state index in [4.69, 9.17) is 9.47 Å². The fourth-order valence-corrected chi connectivity index (χ4v) is 6.36. The minimum absolute atomic E-state index is 0.162. The van der Waals surface area contributed by atoms with Gasteiger partial charge in [-0.05, 0) is 56.3 Å². The predicted molar refractivity (Wildman–Crippen MR) is 123 cm³/mol. The van der Waals surface area contributed by atoms with Crippen molar-refractivity contribution < 1.29 is 19.4 Å². The molecule has 1 amide bonds. The molecule has 1 heterocycles. The lowest BCUT2D eigenvalue weighted by molar-refractivity contribution is -0.139. The number of hydrogen-bond donors (Lipinski definition) is 2. The zero-order valence-corrected chi connectivity index (χ0v) is 20.2. The maximum absolute atomic E-state index is 13.4. The normalized spacial score (nSPS) is 31.6. The number of nitrogens with zero attached hydrogens (tertiary/aromatic N) is 2. The standard InChI is InChI=1S/C25H39N3O4/c1-17(2)14-32-22-20(13-26-28(22)7-6-23(3,4)16-31-5)21(29)27-24-9-18-8-19(10-24)12-25(30,11-18)15-24/h6-7,13,17-19,30H,8-12,14-16H2,1-5H3,(H,27,29)/b7-6+/t18?,19?,24-,25-. The average molecular weight is 446 g/mol. The first-order valence-electron chi connectivity index (χ1n) is 12.0. The van der Waals surface area contributed by atoms with E-state index in [0.717, 1.165) is 25.7 Å². The van der Waals surface area contributed by atoms with Crippen molar-refractivity contribution in [2.24, 2.45) is 23.2 Å². The third-order valence-corrected chi connectivity index (χ3v) is 7.14. The Kier molecular flexibility index (Phi) is 6.18. The van der Waals surface area contributed by atoms with Gasteiger partial charge in [-0.25, -0.2) is 4.68 Å². The van der Waals surface area contributed by atoms with E-state index < -0.39 is 5.60 Å². The van der Waals surface area contributed by atoms with E-state index in [0.29, 0.717) is 48.8 Å². The maximum Gasteiger partial charge on any atom is 0.258 e. The van der Waals surface area contributed by atoms with E-state index in [1.807, 2.05) is 12.3 Å². The van der Waals surface area contributed by atoms with Crippen molar-refractivity contribution in [2.75, 3.05) is 20.3 Å². The number of aliphatic hydroxyl groups is 1. The first-order chi connectivity index (χ1) is 15.0. The number of aromatic nitrogens is 2. The summed E-state index contributed by atoms with van der Waals surface area (Å²) >= 11 is 0. The summed E-state index contributed by atoms with van der Waals surface area (Å²) in [5, 5.41) is 18.8. The quantitative estimate of drug-likeness (QED) is 0.603. The number of carbonyl (C=O) groups excluding carboxylic acids is 1. The number of amides is 1. The smallest absolute Gasteiger partial charge is 0.258 e. The molecular weight excluding hydrogens is 406 g/mol. The molecule has 0 saturated heterocycles. The van der Waals surface area contributed by atoms with Crippen LogP contribution in [0.4, 0.5) is 0 Å². The van der Waals surface area contributed by atoms with Crippen molar-refractivity contribution in [3.8, 4) is 5.88 Å². The molecule has 4 aliphatic rings. The summed E-state index contributed by atoms with van der Waals surface area (Å²) in [6, 6.07) is 0. The van der Waals surface area contributed by atoms with Gasteiger partial charge >= 0.3 is 0 Å². The van der Waals surface area contributed by atoms with Crippen LogP contribution in [0, 0.1) is 23.2 Å². The van der Waals surface area contributed by atoms with E-state index in [1.165, 1.54) is 6.42 Å². The molecule has 32 heavy (non-hydrogen) atoms. The molecule has 4 bridgehead atoms. The van der Waals surface area contributed by atoms with E-state index in [9.17, 15) is 9.90 Å². The maximum atomic E-state index is 13.4. The monoisotopic (exact) mass is 445 g/mol. The lowest BCUT2D eigenvalue weighted by Crippen LogP contribution is -2.65. The summed E-state index contributed by atoms with van der Waals surface area (Å²) in [6.07, 6.45) is 11.0. The average Bonchev–Trinajstić information content (AvgIpc) is 3.05. The van der Waals surface area contributed by atoms with Gasteiger partial charge in [0.05, 0.1) is 25.0 Å². The molecule has 7 nitrogen and oxygen atoms in total. The number of rotatable bonds is 9. The van der Waals surface area contributed by atoms with Gasteiger partial charge in [0.1, 0.15) is 5.56 Å². The molecule has 2 atom stereocenters. The fourth-order valence-electron chi connectivity index (χ4n) is 6.36. The van der Waals surface area contributed by atoms with Crippen LogP contribution >= 0.6 is 0 Å². The molecule has 4 saturated carbocycles. The molecule has 0 aromatic carbocycles. The highest BCUT2D eigenvalue weighted by atomic mass is 16.5. The van der Waals surface area contributed by atoms with Crippen molar-refractivity contribution in [1.82, 2.24) is 15.1 Å². The highest BCUT2D eigenvalue weighted by Crippen LogP contribution is 2.57. The minimum atomic E-state index is -0.617. The Labute approximate surface area is 191 Å². The van der Waals surface area contributed by atoms with Gasteiger partial charge in [-0.3, -0.25) is 4.79 Å². The first-order valence-corrected chi connectivity index (χ1v) is 12.0. The third-order valence-electron chi connectivity index (χ3n) is 7.14. The fraction of sp³-hybridized carbons (Fsp3) is 0.760. The van der Waals surface area contributed by atoms with Crippen LogP contribution in [0.25, 0.3) is 6.20 Å². The zero-order valence-electron chi connectivity index (χ0n) is 20.2. The molecule has 2 N–H and O–H groups in total. The van der Waals surface area contributed by atoms with Crippen LogP contribution in [0.15, 0.2) is 12.3 Å². The summed E-state index contributed by atoms with van der Waals surface area (Å²) in [5.74, 6) is 1.63. The lowest BCUT2D eigenvalue weighted by atomic mass is 9.51. The van der Waals surface area contributed by atoms with Crippen LogP contribution in [0.3, 0.4) is 0 Å². The van der Waals surface area contributed by atoms with Crippen molar-refractivity contribution >= 4 is 12.1 Å². The van der Waals surface area contributed by atoms with E-state index in [-0.39, 0.29) is 16.9 Å². The highest BCUT2D eigenvalue weighted by Gasteiger charge is 2.57. The Balaban J connectivity index is 1.56. The Morgan fingerprint density at radius 3 is 2.62 bits per heavy atom. The molecule has 178 valence electrons. The summed E-state index contributed by atoms with van der Waals surface area (Å²) in [5.41, 5.74) is -0.659. The molecule has 7 heteroatoms. The largest absolute Gasteiger partial charge is 0.477 e. The van der Waals surface area contributed by atoms with Crippen LogP contribution in [-0.2, 0) is 4.74 Å². The van der Waals surface area contributed by atoms with E-state index in [2.05, 4.69) is 38.1 Å². The van der Waals surface area contributed by atoms with Gasteiger partial charge < -0.3 is 19.9 Å². The van der Waals surface area contributed by atoms with Gasteiger partial charge in [0.25, 0.3) is 5.91 Å². The molecule has 2 unspecified atom stereocenters.